The number of aldehydes is 1. The maximum Gasteiger partial charge on any atom is 0.154 e. The van der Waals surface area contributed by atoms with Crippen LogP contribution in [0.4, 0.5) is 0 Å². The molecule has 4 nitrogen and oxygen atoms in total. The van der Waals surface area contributed by atoms with Crippen LogP contribution in [0.5, 0.6) is 5.75 Å². The van der Waals surface area contributed by atoms with Gasteiger partial charge < -0.3 is 14.9 Å². The standard InChI is InChI=1S/C24H33ClO4/c1-14(8-7-9-15(2)20(27)12-21-24(5,6)29-21)10-11-18-16(3)22(25)17(4)19(13-26)23(18)28/h9-10,13,20-21,27-28H,7-8,11-12H2,1-6H3/b14-10+,15-9+/t20?,21-/m0/s1. The Morgan fingerprint density at radius 2 is 1.86 bits per heavy atom. The summed E-state index contributed by atoms with van der Waals surface area (Å²) in [7, 11) is 0. The summed E-state index contributed by atoms with van der Waals surface area (Å²) in [4.78, 5) is 11.3. The van der Waals surface area contributed by atoms with Gasteiger partial charge in [-0.2, -0.15) is 0 Å². The number of epoxide rings is 1. The second-order valence-electron chi connectivity index (χ2n) is 8.63. The molecule has 0 spiro atoms. The largest absolute Gasteiger partial charge is 0.507 e. The van der Waals surface area contributed by atoms with Gasteiger partial charge in [0.15, 0.2) is 6.29 Å². The number of hydrogen-bond donors (Lipinski definition) is 2. The predicted molar refractivity (Wildman–Crippen MR) is 118 cm³/mol. The minimum Gasteiger partial charge on any atom is -0.507 e. The van der Waals surface area contributed by atoms with E-state index in [9.17, 15) is 15.0 Å². The lowest BCUT2D eigenvalue weighted by Gasteiger charge is -2.14. The number of hydrogen-bond acceptors (Lipinski definition) is 4. The maximum atomic E-state index is 11.3. The average molecular weight is 421 g/mol. The molecule has 1 fully saturated rings. The van der Waals surface area contributed by atoms with Crippen LogP contribution >= 0.6 is 11.6 Å². The van der Waals surface area contributed by atoms with E-state index in [0.29, 0.717) is 35.3 Å². The lowest BCUT2D eigenvalue weighted by Crippen LogP contribution is -2.15. The van der Waals surface area contributed by atoms with Crippen LogP contribution in [0.25, 0.3) is 0 Å². The molecule has 1 unspecified atom stereocenters. The van der Waals surface area contributed by atoms with E-state index in [1.54, 1.807) is 6.92 Å². The predicted octanol–water partition coefficient (Wildman–Crippen LogP) is 5.62. The van der Waals surface area contributed by atoms with Gasteiger partial charge in [-0.25, -0.2) is 0 Å². The minimum atomic E-state index is -0.470. The van der Waals surface area contributed by atoms with Gasteiger partial charge >= 0.3 is 0 Å². The molecule has 2 atom stereocenters. The van der Waals surface area contributed by atoms with Crippen LogP contribution in [0.15, 0.2) is 23.3 Å². The third kappa shape index (κ3) is 5.71. The average Bonchev–Trinajstić information content (AvgIpc) is 3.25. The monoisotopic (exact) mass is 420 g/mol. The van der Waals surface area contributed by atoms with E-state index < -0.39 is 6.10 Å². The minimum absolute atomic E-state index is 0.0209. The van der Waals surface area contributed by atoms with Gasteiger partial charge in [-0.15, -0.1) is 0 Å². The van der Waals surface area contributed by atoms with Crippen LogP contribution in [0.1, 0.15) is 74.0 Å². The number of aliphatic hydroxyl groups excluding tert-OH is 1. The molecule has 1 aromatic rings. The number of carbonyl (C=O) groups excluding carboxylic acids is 1. The first-order valence-corrected chi connectivity index (χ1v) is 10.5. The highest BCUT2D eigenvalue weighted by Crippen LogP contribution is 2.39. The zero-order valence-electron chi connectivity index (χ0n) is 18.3. The first-order valence-electron chi connectivity index (χ1n) is 10.1. The van der Waals surface area contributed by atoms with Crippen molar-refractivity contribution >= 4 is 17.9 Å². The third-order valence-corrected chi connectivity index (χ3v) is 6.53. The van der Waals surface area contributed by atoms with Crippen LogP contribution in [-0.4, -0.2) is 34.3 Å². The van der Waals surface area contributed by atoms with Gasteiger partial charge in [0, 0.05) is 17.0 Å². The molecular formula is C24H33ClO4. The summed E-state index contributed by atoms with van der Waals surface area (Å²) >= 11 is 6.33. The number of allylic oxidation sites excluding steroid dienone is 3. The van der Waals surface area contributed by atoms with Crippen molar-refractivity contribution in [3.05, 3.63) is 50.6 Å². The Balaban J connectivity index is 1.96. The van der Waals surface area contributed by atoms with Crippen molar-refractivity contribution in [1.82, 2.24) is 0 Å². The SMILES string of the molecule is C/C(=C\Cc1c(C)c(Cl)c(C)c(C=O)c1O)CC/C=C(\C)C(O)C[C@@H]1OC1(C)C. The number of phenols is 1. The molecule has 0 amide bonds. The Kier molecular flexibility index (Phi) is 7.72. The highest BCUT2D eigenvalue weighted by atomic mass is 35.5. The van der Waals surface area contributed by atoms with E-state index in [1.165, 1.54) is 5.57 Å². The summed E-state index contributed by atoms with van der Waals surface area (Å²) < 4.78 is 5.55. The topological polar surface area (TPSA) is 70.1 Å². The summed E-state index contributed by atoms with van der Waals surface area (Å²) in [6.45, 7) is 11.7. The summed E-state index contributed by atoms with van der Waals surface area (Å²) in [6, 6.07) is 0. The molecule has 5 heteroatoms. The molecule has 1 aliphatic heterocycles. The summed E-state index contributed by atoms with van der Waals surface area (Å²) in [5.74, 6) is 0.0209. The van der Waals surface area contributed by atoms with Gasteiger partial charge in [-0.05, 0) is 77.5 Å². The number of benzene rings is 1. The highest BCUT2D eigenvalue weighted by Gasteiger charge is 2.48. The van der Waals surface area contributed by atoms with Crippen molar-refractivity contribution < 1.29 is 19.7 Å². The lowest BCUT2D eigenvalue weighted by atomic mass is 9.95. The lowest BCUT2D eigenvalue weighted by molar-refractivity contribution is 0.112. The molecule has 0 aliphatic carbocycles. The zero-order chi connectivity index (χ0) is 21.9. The fourth-order valence-corrected chi connectivity index (χ4v) is 3.75. The number of carbonyl (C=O) groups is 1. The molecule has 0 aromatic heterocycles. The molecule has 1 heterocycles. The van der Waals surface area contributed by atoms with Crippen LogP contribution in [-0.2, 0) is 11.2 Å². The van der Waals surface area contributed by atoms with E-state index in [4.69, 9.17) is 16.3 Å². The molecule has 0 radical (unpaired) electrons. The fraction of sp³-hybridized carbons (Fsp3) is 0.542. The van der Waals surface area contributed by atoms with E-state index in [2.05, 4.69) is 12.2 Å². The van der Waals surface area contributed by atoms with Gasteiger partial charge in [-0.1, -0.05) is 29.3 Å². The molecule has 2 N–H and O–H groups in total. The summed E-state index contributed by atoms with van der Waals surface area (Å²) in [5, 5.41) is 21.3. The van der Waals surface area contributed by atoms with E-state index >= 15 is 0 Å². The van der Waals surface area contributed by atoms with E-state index in [0.717, 1.165) is 24.0 Å². The first-order chi connectivity index (χ1) is 13.5. The number of ether oxygens (including phenoxy) is 1. The van der Waals surface area contributed by atoms with Gasteiger partial charge in [0.05, 0.1) is 23.4 Å². The third-order valence-electron chi connectivity index (χ3n) is 5.96. The van der Waals surface area contributed by atoms with Crippen molar-refractivity contribution in [2.45, 2.75) is 85.0 Å². The van der Waals surface area contributed by atoms with E-state index in [1.807, 2.05) is 34.6 Å². The normalized spacial score (nSPS) is 19.9. The molecule has 2 rings (SSSR count). The second kappa shape index (κ2) is 9.46. The van der Waals surface area contributed by atoms with Crippen LogP contribution in [0.2, 0.25) is 5.02 Å². The summed E-state index contributed by atoms with van der Waals surface area (Å²) in [6.07, 6.45) is 7.30. The summed E-state index contributed by atoms with van der Waals surface area (Å²) in [5.41, 5.74) is 4.41. The van der Waals surface area contributed by atoms with Gasteiger partial charge in [0.25, 0.3) is 0 Å². The Bertz CT molecular complexity index is 836. The van der Waals surface area contributed by atoms with Crippen molar-refractivity contribution in [3.8, 4) is 5.75 Å². The van der Waals surface area contributed by atoms with Gasteiger partial charge in [0.1, 0.15) is 5.75 Å². The molecule has 1 saturated heterocycles. The zero-order valence-corrected chi connectivity index (χ0v) is 19.1. The van der Waals surface area contributed by atoms with Crippen molar-refractivity contribution in [1.29, 1.82) is 0 Å². The maximum absolute atomic E-state index is 11.3. The molecule has 0 bridgehead atoms. The van der Waals surface area contributed by atoms with Crippen LogP contribution in [0.3, 0.4) is 0 Å². The number of aliphatic hydroxyl groups is 1. The van der Waals surface area contributed by atoms with Crippen LogP contribution in [0, 0.1) is 13.8 Å². The Hall–Kier alpha value is -1.62. The van der Waals surface area contributed by atoms with Gasteiger partial charge in [-0.3, -0.25) is 4.79 Å². The fourth-order valence-electron chi connectivity index (χ4n) is 3.54. The molecule has 160 valence electrons. The molecule has 29 heavy (non-hydrogen) atoms. The molecule has 1 aliphatic rings. The quantitative estimate of drug-likeness (QED) is 0.309. The van der Waals surface area contributed by atoms with E-state index in [-0.39, 0.29) is 23.0 Å². The number of phenolic OH excluding ortho intramolecular Hbond substituents is 1. The molecular weight excluding hydrogens is 388 g/mol. The molecule has 1 aromatic carbocycles. The smallest absolute Gasteiger partial charge is 0.154 e. The van der Waals surface area contributed by atoms with Crippen molar-refractivity contribution in [3.63, 3.8) is 0 Å². The highest BCUT2D eigenvalue weighted by molar-refractivity contribution is 6.32. The second-order valence-corrected chi connectivity index (χ2v) is 9.00. The van der Waals surface area contributed by atoms with Gasteiger partial charge in [0.2, 0.25) is 0 Å². The Morgan fingerprint density at radius 1 is 1.24 bits per heavy atom. The first kappa shape index (κ1) is 23.7. The van der Waals surface area contributed by atoms with Crippen LogP contribution < -0.4 is 0 Å². The number of rotatable bonds is 9. The van der Waals surface area contributed by atoms with Crippen molar-refractivity contribution in [2.75, 3.05) is 0 Å². The number of aromatic hydroxyl groups is 1. The Labute approximate surface area is 179 Å². The van der Waals surface area contributed by atoms with Crippen molar-refractivity contribution in [2.24, 2.45) is 0 Å². The molecule has 0 saturated carbocycles. The number of halogens is 1. The Morgan fingerprint density at radius 3 is 2.41 bits per heavy atom.